The van der Waals surface area contributed by atoms with Crippen LogP contribution in [0.1, 0.15) is 0 Å². The van der Waals surface area contributed by atoms with Gasteiger partial charge in [-0.25, -0.2) is 9.97 Å². The van der Waals surface area contributed by atoms with Gasteiger partial charge in [0.15, 0.2) is 23.3 Å². The molecule has 0 spiro atoms. The highest BCUT2D eigenvalue weighted by Crippen LogP contribution is 2.46. The third-order valence-electron chi connectivity index (χ3n) is 20.0. The molecule has 102 heavy (non-hydrogen) atoms. The molecule has 0 bridgehead atoms. The molecule has 0 aliphatic rings. The first-order valence-electron chi connectivity index (χ1n) is 34.1. The summed E-state index contributed by atoms with van der Waals surface area (Å²) in [6, 6.07) is 113. The maximum Gasteiger partial charge on any atom is 0.238 e. The molecule has 0 N–H and O–H groups in total. The Hall–Kier alpha value is -14.1. The van der Waals surface area contributed by atoms with Crippen molar-refractivity contribution in [3.8, 4) is 68.8 Å². The predicted octanol–water partition coefficient (Wildman–Crippen LogP) is 22.6. The molecule has 0 saturated heterocycles. The minimum absolute atomic E-state index is 0.546. The molecule has 8 aromatic heterocycles. The van der Waals surface area contributed by atoms with Gasteiger partial charge in [0, 0.05) is 92.7 Å². The number of para-hydroxylation sites is 9. The molecule has 12 heteroatoms. The first kappa shape index (κ1) is 57.0. The number of rotatable bonds is 8. The van der Waals surface area contributed by atoms with Crippen LogP contribution in [0.5, 0.6) is 0 Å². The number of hydrogen-bond acceptors (Lipinski definition) is 8. The van der Waals surface area contributed by atoms with Crippen LogP contribution >= 0.6 is 0 Å². The van der Waals surface area contributed by atoms with Gasteiger partial charge in [-0.3, -0.25) is 9.13 Å². The first-order chi connectivity index (χ1) is 50.6. The van der Waals surface area contributed by atoms with Crippen LogP contribution in [0.4, 0.5) is 0 Å². The summed E-state index contributed by atoms with van der Waals surface area (Å²) < 4.78 is 21.9. The molecule has 0 radical (unpaired) electrons. The van der Waals surface area contributed by atoms with Crippen LogP contribution < -0.4 is 0 Å². The second kappa shape index (κ2) is 22.7. The first-order valence-corrected chi connectivity index (χ1v) is 34.1. The zero-order valence-electron chi connectivity index (χ0n) is 54.5. The van der Waals surface area contributed by atoms with Crippen LogP contribution in [0.2, 0.25) is 0 Å². The summed E-state index contributed by atoms with van der Waals surface area (Å²) in [5, 5.41) is 13.6. The van der Waals surface area contributed by atoms with E-state index in [-0.39, 0.29) is 0 Å². The fourth-order valence-electron chi connectivity index (χ4n) is 15.6. The Morgan fingerprint density at radius 3 is 1.03 bits per heavy atom. The SMILES string of the molecule is c1ccc(-c2nc(-c3ccc4c(c3)oc3ccccc34)nc(-n3c4ccccc4c4c5c6ccccc6n(-c6ccccc6)c5ccc43)n2)cc1.c1ccc(-c2nc(-c3cccc4c3oc3ccccc34)nc(-n3c4ccccc4c4c5c6ccccc6n(-c6ccccc6)c5ccc43)n2)cc1. The minimum Gasteiger partial charge on any atom is -0.456 e. The van der Waals surface area contributed by atoms with E-state index >= 15 is 0 Å². The molecular weight excluding hydrogens is 1250 g/mol. The Bertz CT molecular complexity index is 7130. The topological polar surface area (TPSA) is 123 Å². The molecule has 22 aromatic rings. The summed E-state index contributed by atoms with van der Waals surface area (Å²) in [6.45, 7) is 0. The van der Waals surface area contributed by atoms with E-state index in [1.807, 2.05) is 115 Å². The van der Waals surface area contributed by atoms with Crippen molar-refractivity contribution in [3.05, 3.63) is 328 Å². The lowest BCUT2D eigenvalue weighted by Crippen LogP contribution is -2.06. The molecule has 12 nitrogen and oxygen atoms in total. The van der Waals surface area contributed by atoms with Gasteiger partial charge in [0.25, 0.3) is 0 Å². The van der Waals surface area contributed by atoms with Crippen molar-refractivity contribution in [2.24, 2.45) is 0 Å². The van der Waals surface area contributed by atoms with Crippen molar-refractivity contribution in [1.82, 2.24) is 48.2 Å². The molecule has 0 aliphatic heterocycles. The highest BCUT2D eigenvalue weighted by Gasteiger charge is 2.26. The van der Waals surface area contributed by atoms with Crippen LogP contribution in [0.15, 0.2) is 336 Å². The summed E-state index contributed by atoms with van der Waals surface area (Å²) in [4.78, 5) is 31.0. The van der Waals surface area contributed by atoms with Crippen LogP contribution in [0.3, 0.4) is 0 Å². The lowest BCUT2D eigenvalue weighted by atomic mass is 10.1. The fourth-order valence-corrected chi connectivity index (χ4v) is 15.6. The standard InChI is InChI=1S/2C45H27N5O/c1-3-14-28(15-4-1)43-46-44(34-22-13-21-31-30-18-9-12-25-39(30)51-42(31)34)48-45(47-43)50-36-24-11-8-20-33(36)41-38(50)27-26-37-40(41)32-19-7-10-23-35(32)49(37)29-16-5-2-6-17-29;1-3-13-28(14-4-1)43-46-44(29-23-24-32-31-17-9-12-22-39(31)51-40(32)27-29)48-45(47-43)50-36-21-11-8-19-34(36)42-38(50)26-25-37-41(42)33-18-7-10-20-35(33)49(37)30-15-5-2-6-16-30/h2*1-27H. The summed E-state index contributed by atoms with van der Waals surface area (Å²) in [6.07, 6.45) is 0. The second-order valence-corrected chi connectivity index (χ2v) is 25.7. The zero-order chi connectivity index (χ0) is 66.9. The van der Waals surface area contributed by atoms with Gasteiger partial charge in [-0.15, -0.1) is 0 Å². The monoisotopic (exact) mass is 1310 g/mol. The lowest BCUT2D eigenvalue weighted by Gasteiger charge is -2.11. The number of hydrogen-bond donors (Lipinski definition) is 0. The molecule has 0 aliphatic carbocycles. The summed E-state index contributed by atoms with van der Waals surface area (Å²) in [5.41, 5.74) is 17.7. The Labute approximate surface area is 581 Å². The van der Waals surface area contributed by atoms with E-state index in [1.54, 1.807) is 0 Å². The van der Waals surface area contributed by atoms with Crippen LogP contribution in [-0.4, -0.2) is 48.2 Å². The van der Waals surface area contributed by atoms with Gasteiger partial charge in [-0.05, 0) is 103 Å². The van der Waals surface area contributed by atoms with Crippen molar-refractivity contribution >= 4 is 131 Å². The van der Waals surface area contributed by atoms with Crippen molar-refractivity contribution in [1.29, 1.82) is 0 Å². The van der Waals surface area contributed by atoms with Crippen LogP contribution in [0.25, 0.3) is 200 Å². The Morgan fingerprint density at radius 2 is 0.549 bits per heavy atom. The number of aromatic nitrogens is 10. The number of furan rings is 2. The summed E-state index contributed by atoms with van der Waals surface area (Å²) in [7, 11) is 0. The average molecular weight is 1310 g/mol. The van der Waals surface area contributed by atoms with Crippen molar-refractivity contribution in [3.63, 3.8) is 0 Å². The van der Waals surface area contributed by atoms with E-state index < -0.39 is 0 Å². The molecule has 8 heterocycles. The Morgan fingerprint density at radius 1 is 0.206 bits per heavy atom. The molecule has 0 unspecified atom stereocenters. The molecule has 0 saturated carbocycles. The molecule has 0 fully saturated rings. The van der Waals surface area contributed by atoms with E-state index in [9.17, 15) is 0 Å². The van der Waals surface area contributed by atoms with E-state index in [0.717, 1.165) is 138 Å². The molecule has 476 valence electrons. The summed E-state index contributed by atoms with van der Waals surface area (Å²) in [5.74, 6) is 3.43. The quantitative estimate of drug-likeness (QED) is 0.147. The van der Waals surface area contributed by atoms with Gasteiger partial charge in [0.2, 0.25) is 11.9 Å². The van der Waals surface area contributed by atoms with Gasteiger partial charge < -0.3 is 18.0 Å². The van der Waals surface area contributed by atoms with E-state index in [0.29, 0.717) is 35.2 Å². The molecule has 0 amide bonds. The predicted molar refractivity (Wildman–Crippen MR) is 413 cm³/mol. The third kappa shape index (κ3) is 8.82. The fraction of sp³-hybridized carbons (Fsp3) is 0. The van der Waals surface area contributed by atoms with Crippen molar-refractivity contribution in [2.45, 2.75) is 0 Å². The van der Waals surface area contributed by atoms with E-state index in [4.69, 9.17) is 38.7 Å². The smallest absolute Gasteiger partial charge is 0.238 e. The van der Waals surface area contributed by atoms with Crippen LogP contribution in [-0.2, 0) is 0 Å². The third-order valence-corrected chi connectivity index (χ3v) is 20.0. The Balaban J connectivity index is 0.000000133. The molecule has 14 aromatic carbocycles. The molecule has 0 atom stereocenters. The Kier molecular flexibility index (Phi) is 12.7. The normalized spacial score (nSPS) is 11.9. The van der Waals surface area contributed by atoms with E-state index in [1.165, 1.54) is 26.9 Å². The van der Waals surface area contributed by atoms with Gasteiger partial charge >= 0.3 is 0 Å². The number of benzene rings is 14. The van der Waals surface area contributed by atoms with E-state index in [2.05, 4.69) is 231 Å². The largest absolute Gasteiger partial charge is 0.456 e. The molecule has 22 rings (SSSR count). The number of fused-ring (bicyclic) bond motifs is 20. The highest BCUT2D eigenvalue weighted by atomic mass is 16.3. The highest BCUT2D eigenvalue weighted by molar-refractivity contribution is 6.30. The zero-order valence-corrected chi connectivity index (χ0v) is 54.5. The average Bonchev–Trinajstić information content (AvgIpc) is 1.55. The van der Waals surface area contributed by atoms with Gasteiger partial charge in [-0.2, -0.15) is 19.9 Å². The second-order valence-electron chi connectivity index (χ2n) is 25.7. The minimum atomic E-state index is 0.546. The summed E-state index contributed by atoms with van der Waals surface area (Å²) >= 11 is 0. The van der Waals surface area contributed by atoms with Gasteiger partial charge in [-0.1, -0.05) is 224 Å². The van der Waals surface area contributed by atoms with Crippen molar-refractivity contribution in [2.75, 3.05) is 0 Å². The van der Waals surface area contributed by atoms with Gasteiger partial charge in [0.05, 0.1) is 49.7 Å². The lowest BCUT2D eigenvalue weighted by molar-refractivity contribution is 0.669. The molecular formula is C90H54N10O2. The van der Waals surface area contributed by atoms with Crippen LogP contribution in [0, 0.1) is 0 Å². The van der Waals surface area contributed by atoms with Crippen molar-refractivity contribution < 1.29 is 8.83 Å². The maximum atomic E-state index is 6.47. The van der Waals surface area contributed by atoms with Gasteiger partial charge in [0.1, 0.15) is 22.3 Å². The maximum absolute atomic E-state index is 6.47. The number of nitrogens with zero attached hydrogens (tertiary/aromatic N) is 10.